The van der Waals surface area contributed by atoms with Crippen LogP contribution in [0.25, 0.3) is 4.96 Å². The first kappa shape index (κ1) is 15.3. The number of aromatic nitrogens is 2. The molecule has 0 aliphatic heterocycles. The smallest absolute Gasteiger partial charge is 0.344 e. The van der Waals surface area contributed by atoms with Crippen molar-refractivity contribution >= 4 is 22.3 Å². The van der Waals surface area contributed by atoms with Crippen LogP contribution in [0.5, 0.6) is 0 Å². The Kier molecular flexibility index (Phi) is 3.91. The molecule has 0 N–H and O–H groups in total. The van der Waals surface area contributed by atoms with Crippen LogP contribution < -0.4 is 5.56 Å². The molecular formula is C15H10F2N2O3S. The largest absolute Gasteiger partial charge is 0.455 e. The van der Waals surface area contributed by atoms with Crippen molar-refractivity contribution in [3.05, 3.63) is 68.6 Å². The van der Waals surface area contributed by atoms with Crippen molar-refractivity contribution in [1.82, 2.24) is 9.38 Å². The van der Waals surface area contributed by atoms with Crippen molar-refractivity contribution in [2.45, 2.75) is 13.5 Å². The highest BCUT2D eigenvalue weighted by Gasteiger charge is 2.19. The summed E-state index contributed by atoms with van der Waals surface area (Å²) in [5.74, 6) is -3.16. The number of thiazole rings is 1. The predicted molar refractivity (Wildman–Crippen MR) is 79.6 cm³/mol. The highest BCUT2D eigenvalue weighted by molar-refractivity contribution is 7.15. The molecule has 1 aromatic carbocycles. The molecule has 3 rings (SSSR count). The van der Waals surface area contributed by atoms with Crippen LogP contribution in [0.1, 0.15) is 21.7 Å². The highest BCUT2D eigenvalue weighted by atomic mass is 32.1. The Morgan fingerprint density at radius 3 is 2.74 bits per heavy atom. The van der Waals surface area contributed by atoms with Gasteiger partial charge in [-0.2, -0.15) is 0 Å². The second-order valence-corrected chi connectivity index (χ2v) is 5.59. The molecule has 0 bridgehead atoms. The number of aryl methyl sites for hydroxylation is 1. The summed E-state index contributed by atoms with van der Waals surface area (Å²) in [6, 6.07) is 4.30. The summed E-state index contributed by atoms with van der Waals surface area (Å²) in [4.78, 5) is 28.4. The number of halogens is 2. The molecule has 0 saturated carbocycles. The fourth-order valence-electron chi connectivity index (χ4n) is 2.08. The molecule has 0 aliphatic rings. The first-order valence-corrected chi connectivity index (χ1v) is 7.43. The van der Waals surface area contributed by atoms with Crippen LogP contribution in [0.15, 0.2) is 34.4 Å². The van der Waals surface area contributed by atoms with Crippen molar-refractivity contribution in [2.75, 3.05) is 0 Å². The summed E-state index contributed by atoms with van der Waals surface area (Å²) >= 11 is 1.27. The molecule has 0 aliphatic carbocycles. The molecule has 0 amide bonds. The Labute approximate surface area is 132 Å². The first-order chi connectivity index (χ1) is 11.0. The molecule has 2 heterocycles. The third kappa shape index (κ3) is 2.85. The van der Waals surface area contributed by atoms with E-state index in [1.54, 1.807) is 12.3 Å². The Bertz CT molecular complexity index is 945. The lowest BCUT2D eigenvalue weighted by Gasteiger charge is -2.06. The lowest BCUT2D eigenvalue weighted by molar-refractivity contribution is 0.0456. The Morgan fingerprint density at radius 2 is 2.04 bits per heavy atom. The van der Waals surface area contributed by atoms with Crippen LogP contribution in [0.3, 0.4) is 0 Å². The Balaban J connectivity index is 1.83. The lowest BCUT2D eigenvalue weighted by Crippen LogP contribution is -2.17. The number of hydrogen-bond donors (Lipinski definition) is 0. The van der Waals surface area contributed by atoms with Gasteiger partial charge < -0.3 is 4.74 Å². The van der Waals surface area contributed by atoms with Crippen LogP contribution in [0.2, 0.25) is 0 Å². The van der Waals surface area contributed by atoms with Crippen LogP contribution in [-0.4, -0.2) is 15.4 Å². The SMILES string of the molecule is Cc1csc2nc(COC(=O)c3c(F)cccc3F)cc(=O)n12. The van der Waals surface area contributed by atoms with E-state index in [0.717, 1.165) is 23.9 Å². The van der Waals surface area contributed by atoms with Gasteiger partial charge in [-0.05, 0) is 19.1 Å². The van der Waals surface area contributed by atoms with Gasteiger partial charge in [-0.15, -0.1) is 11.3 Å². The third-order valence-electron chi connectivity index (χ3n) is 3.15. The molecule has 0 spiro atoms. The molecular weight excluding hydrogens is 326 g/mol. The summed E-state index contributed by atoms with van der Waals surface area (Å²) < 4.78 is 33.3. The van der Waals surface area contributed by atoms with Gasteiger partial charge in [0.1, 0.15) is 23.8 Å². The maximum absolute atomic E-state index is 13.5. The number of benzene rings is 1. The van der Waals surface area contributed by atoms with Crippen molar-refractivity contribution in [3.8, 4) is 0 Å². The Hall–Kier alpha value is -2.61. The number of carbonyl (C=O) groups excluding carboxylic acids is 1. The molecule has 2 aromatic heterocycles. The normalized spacial score (nSPS) is 10.9. The van der Waals surface area contributed by atoms with Gasteiger partial charge in [0, 0.05) is 17.1 Å². The van der Waals surface area contributed by atoms with E-state index in [9.17, 15) is 18.4 Å². The molecule has 8 heteroatoms. The third-order valence-corrected chi connectivity index (χ3v) is 4.09. The van der Waals surface area contributed by atoms with E-state index in [-0.39, 0.29) is 17.9 Å². The zero-order valence-electron chi connectivity index (χ0n) is 11.9. The minimum Gasteiger partial charge on any atom is -0.455 e. The second kappa shape index (κ2) is 5.88. The van der Waals surface area contributed by atoms with Crippen LogP contribution >= 0.6 is 11.3 Å². The summed E-state index contributed by atoms with van der Waals surface area (Å²) in [6.07, 6.45) is 0. The monoisotopic (exact) mass is 336 g/mol. The lowest BCUT2D eigenvalue weighted by atomic mass is 10.2. The molecule has 5 nitrogen and oxygen atoms in total. The number of hydrogen-bond acceptors (Lipinski definition) is 5. The van der Waals surface area contributed by atoms with E-state index in [4.69, 9.17) is 4.74 Å². The molecule has 3 aromatic rings. The van der Waals surface area contributed by atoms with Crippen molar-refractivity contribution in [3.63, 3.8) is 0 Å². The van der Waals surface area contributed by atoms with Crippen LogP contribution in [-0.2, 0) is 11.3 Å². The molecule has 0 saturated heterocycles. The van der Waals surface area contributed by atoms with Crippen molar-refractivity contribution < 1.29 is 18.3 Å². The molecule has 23 heavy (non-hydrogen) atoms. The number of ether oxygens (including phenoxy) is 1. The predicted octanol–water partition coefficient (Wildman–Crippen LogP) is 2.70. The van der Waals surface area contributed by atoms with Crippen molar-refractivity contribution in [1.29, 1.82) is 0 Å². The fourth-order valence-corrected chi connectivity index (χ4v) is 2.97. The number of nitrogens with zero attached hydrogens (tertiary/aromatic N) is 2. The number of rotatable bonds is 3. The van der Waals surface area contributed by atoms with E-state index < -0.39 is 23.2 Å². The molecule has 0 unspecified atom stereocenters. The van der Waals surface area contributed by atoms with Gasteiger partial charge in [-0.3, -0.25) is 9.20 Å². The standard InChI is InChI=1S/C15H10F2N2O3S/c1-8-7-23-15-18-9(5-12(20)19(8)15)6-22-14(21)13-10(16)3-2-4-11(13)17/h2-5,7H,6H2,1H3. The van der Waals surface area contributed by atoms with Gasteiger partial charge >= 0.3 is 5.97 Å². The van der Waals surface area contributed by atoms with E-state index in [0.29, 0.717) is 4.96 Å². The van der Waals surface area contributed by atoms with Crippen molar-refractivity contribution in [2.24, 2.45) is 0 Å². The first-order valence-electron chi connectivity index (χ1n) is 6.55. The summed E-state index contributed by atoms with van der Waals surface area (Å²) in [5, 5.41) is 1.77. The van der Waals surface area contributed by atoms with Gasteiger partial charge in [0.2, 0.25) is 0 Å². The average molecular weight is 336 g/mol. The van der Waals surface area contributed by atoms with Gasteiger partial charge in [0.25, 0.3) is 5.56 Å². The van der Waals surface area contributed by atoms with Gasteiger partial charge in [-0.1, -0.05) is 6.07 Å². The van der Waals surface area contributed by atoms with E-state index in [2.05, 4.69) is 4.98 Å². The second-order valence-electron chi connectivity index (χ2n) is 4.75. The van der Waals surface area contributed by atoms with Gasteiger partial charge in [0.15, 0.2) is 4.96 Å². The number of esters is 1. The highest BCUT2D eigenvalue weighted by Crippen LogP contribution is 2.15. The Morgan fingerprint density at radius 1 is 1.35 bits per heavy atom. The average Bonchev–Trinajstić information content (AvgIpc) is 2.87. The molecule has 118 valence electrons. The number of carbonyl (C=O) groups is 1. The minimum absolute atomic E-state index is 0.210. The molecule has 0 radical (unpaired) electrons. The summed E-state index contributed by atoms with van der Waals surface area (Å²) in [6.45, 7) is 1.42. The zero-order chi connectivity index (χ0) is 16.6. The fraction of sp³-hybridized carbons (Fsp3) is 0.133. The van der Waals surface area contributed by atoms with E-state index in [1.807, 2.05) is 0 Å². The van der Waals surface area contributed by atoms with Crippen LogP contribution in [0.4, 0.5) is 8.78 Å². The zero-order valence-corrected chi connectivity index (χ0v) is 12.7. The van der Waals surface area contributed by atoms with Crippen LogP contribution in [0, 0.1) is 18.6 Å². The van der Waals surface area contributed by atoms with Gasteiger partial charge in [-0.25, -0.2) is 18.6 Å². The topological polar surface area (TPSA) is 60.7 Å². The molecule has 0 fully saturated rings. The van der Waals surface area contributed by atoms with E-state index >= 15 is 0 Å². The molecule has 0 atom stereocenters. The minimum atomic E-state index is -1.15. The maximum atomic E-state index is 13.5. The van der Waals surface area contributed by atoms with E-state index in [1.165, 1.54) is 21.8 Å². The maximum Gasteiger partial charge on any atom is 0.344 e. The summed E-state index contributed by atoms with van der Waals surface area (Å²) in [7, 11) is 0. The number of fused-ring (bicyclic) bond motifs is 1. The summed E-state index contributed by atoms with van der Waals surface area (Å²) in [5.41, 5.74) is -0.115. The quantitative estimate of drug-likeness (QED) is 0.690. The van der Waals surface area contributed by atoms with Gasteiger partial charge in [0.05, 0.1) is 5.69 Å².